The van der Waals surface area contributed by atoms with E-state index in [0.717, 1.165) is 127 Å². The fraction of sp³-hybridized carbons (Fsp3) is 0.182. The van der Waals surface area contributed by atoms with Crippen LogP contribution in [0.2, 0.25) is 0 Å². The van der Waals surface area contributed by atoms with Crippen molar-refractivity contribution in [1.82, 2.24) is 19.9 Å². The van der Waals surface area contributed by atoms with Crippen LogP contribution in [-0.2, 0) is 71.6 Å². The molecule has 0 saturated heterocycles. The second-order valence-corrected chi connectivity index (χ2v) is 44.7. The van der Waals surface area contributed by atoms with Gasteiger partial charge in [-0.2, -0.15) is 0 Å². The van der Waals surface area contributed by atoms with Crippen LogP contribution in [0, 0.1) is 5.82 Å². The van der Waals surface area contributed by atoms with Crippen LogP contribution in [0.4, 0.5) is 4.39 Å². The molecule has 17 aromatic rings. The van der Waals surface area contributed by atoms with E-state index in [1.807, 2.05) is 238 Å². The lowest BCUT2D eigenvalue weighted by atomic mass is 9.86. The van der Waals surface area contributed by atoms with Crippen molar-refractivity contribution in [2.24, 2.45) is 0 Å². The molecule has 1 unspecified atom stereocenters. The summed E-state index contributed by atoms with van der Waals surface area (Å²) in [5.74, 6) is 0.0485. The second kappa shape index (κ2) is 37.5. The third-order valence-electron chi connectivity index (χ3n) is 24.5. The van der Waals surface area contributed by atoms with Crippen molar-refractivity contribution in [2.75, 3.05) is 25.0 Å². The highest BCUT2D eigenvalue weighted by atomic mass is 32.2. The van der Waals surface area contributed by atoms with Gasteiger partial charge in [-0.1, -0.05) is 220 Å². The summed E-state index contributed by atoms with van der Waals surface area (Å²) in [6.45, 7) is 16.2. The molecule has 2 N–H and O–H groups in total. The summed E-state index contributed by atoms with van der Waals surface area (Å²) < 4.78 is 109. The number of halogens is 1. The summed E-state index contributed by atoms with van der Waals surface area (Å²) in [7, 11) is -13.2. The van der Waals surface area contributed by atoms with Crippen LogP contribution < -0.4 is 0 Å². The zero-order valence-electron chi connectivity index (χ0n) is 74.4. The van der Waals surface area contributed by atoms with Crippen molar-refractivity contribution in [3.63, 3.8) is 0 Å². The third-order valence-corrected chi connectivity index (χ3v) is 31.7. The molecule has 0 spiro atoms. The number of aromatic nitrogens is 4. The minimum Gasteiger partial charge on any atom is -0.392 e. The summed E-state index contributed by atoms with van der Waals surface area (Å²) in [6, 6.07) is 104. The zero-order chi connectivity index (χ0) is 92.2. The van der Waals surface area contributed by atoms with Gasteiger partial charge in [0.15, 0.2) is 39.3 Å². The van der Waals surface area contributed by atoms with E-state index in [0.29, 0.717) is 17.0 Å². The molecule has 654 valence electrons. The molecule has 0 bridgehead atoms. The molecule has 0 fully saturated rings. The Hall–Kier alpha value is -12.9. The fourth-order valence-corrected chi connectivity index (χ4v) is 18.1. The van der Waals surface area contributed by atoms with Crippen LogP contribution in [0.5, 0.6) is 0 Å². The van der Waals surface area contributed by atoms with E-state index in [4.69, 9.17) is 0 Å². The molecule has 0 aliphatic heterocycles. The Balaban J connectivity index is 0.000000140. The molecule has 4 heterocycles. The number of aliphatic hydroxyl groups is 2. The summed E-state index contributed by atoms with van der Waals surface area (Å²) in [4.78, 5) is 18.4. The minimum absolute atomic E-state index is 0.00783. The Morgan fingerprint density at radius 2 is 0.605 bits per heavy atom. The van der Waals surface area contributed by atoms with Crippen LogP contribution in [0.3, 0.4) is 0 Å². The number of hydrogen-bond donors (Lipinski definition) is 2. The number of benzene rings is 13. The van der Waals surface area contributed by atoms with Gasteiger partial charge in [0, 0.05) is 99.2 Å². The molecule has 17 rings (SSSR count). The molecule has 0 amide bonds. The zero-order valence-corrected chi connectivity index (χ0v) is 77.6. The molecule has 0 aliphatic rings. The number of hydrogen-bond acceptors (Lipinski definition) is 14. The lowest BCUT2D eigenvalue weighted by Crippen LogP contribution is -2.28. The fourth-order valence-electron chi connectivity index (χ4n) is 15.7. The van der Waals surface area contributed by atoms with E-state index in [1.54, 1.807) is 72.3 Å². The number of rotatable bonds is 20. The van der Waals surface area contributed by atoms with Crippen LogP contribution >= 0.6 is 0 Å². The first-order valence-electron chi connectivity index (χ1n) is 42.4. The van der Waals surface area contributed by atoms with E-state index in [-0.39, 0.29) is 17.9 Å². The molecule has 1 atom stereocenters. The third kappa shape index (κ3) is 20.5. The monoisotopic (exact) mass is 1790 g/mol. The van der Waals surface area contributed by atoms with Crippen LogP contribution in [0.1, 0.15) is 113 Å². The van der Waals surface area contributed by atoms with E-state index >= 15 is 0 Å². The molecular weight excluding hydrogens is 1680 g/mol. The Bertz CT molecular complexity index is 7560. The van der Waals surface area contributed by atoms with Crippen LogP contribution in [0.15, 0.2) is 346 Å². The lowest BCUT2D eigenvalue weighted by Gasteiger charge is -2.25. The van der Waals surface area contributed by atoms with Crippen molar-refractivity contribution in [3.8, 4) is 89.0 Å². The molecule has 0 aliphatic carbocycles. The highest BCUT2D eigenvalue weighted by molar-refractivity contribution is 7.92. The van der Waals surface area contributed by atoms with Gasteiger partial charge in [-0.05, 0) is 275 Å². The number of fused-ring (bicyclic) bond motifs is 4. The number of sulfone groups is 4. The SMILES string of the molecule is CC(C)(c1cc(-c2cccc(-c3ccc(CS(C)(=O)=O)cc3)c2)c2ncccc2c1)S(C)(=O)=O.CC(C)(c1cc(-c2cccc(-c3ccc(F)c(CO)c3)c2)c2ncccc2c1)S(C)(=O)=O.CC(C)c1cc(-c2cccc(-c3ccccc3)c2)c2ncccc2c1.CC(O)(c1ccccc1)c1cccc(-c2cccc(-c3cc(C(C)(C)S(C)(=O)=O)cc4cccnc34)c2)c1. The van der Waals surface area contributed by atoms with Gasteiger partial charge in [0.05, 0.1) is 48.7 Å². The first kappa shape index (κ1) is 92.3. The quantitative estimate of drug-likeness (QED) is 0.0723. The maximum absolute atomic E-state index is 13.8. The predicted octanol–water partition coefficient (Wildman–Crippen LogP) is 24.7. The highest BCUT2D eigenvalue weighted by Crippen LogP contribution is 2.44. The molecule has 4 aromatic heterocycles. The van der Waals surface area contributed by atoms with Crippen molar-refractivity contribution in [1.29, 1.82) is 0 Å². The average Bonchev–Trinajstić information content (AvgIpc) is 0.759. The number of aliphatic hydroxyl groups excluding tert-OH is 1. The molecule has 0 radical (unpaired) electrons. The lowest BCUT2D eigenvalue weighted by molar-refractivity contribution is 0.102. The number of pyridine rings is 4. The van der Waals surface area contributed by atoms with Gasteiger partial charge in [0.1, 0.15) is 11.4 Å². The second-order valence-electron chi connectivity index (χ2n) is 34.9. The van der Waals surface area contributed by atoms with Gasteiger partial charge >= 0.3 is 0 Å². The maximum atomic E-state index is 13.8. The standard InChI is InChI=1S/C33H31NO3S.C27H27NO4S2.C26H24FNO3S.C24H21N/c1-32(2,38(4,36)37)29-21-26-14-10-18-34-31(26)30(22-29)25-13-8-11-23(19-25)24-12-9-17-28(20-24)33(3,35)27-15-6-5-7-16-27;1-27(2,34(4,31)32)24-16-23-9-6-14-28-26(23)25(17-24)22-8-5-7-21(15-22)20-12-10-19(11-13-20)18-33(3,29)30;1-26(2,32(3,30)31)22-14-20-8-5-11-28-25(20)23(15-22)19-7-4-6-17(12-19)18-9-10-24(27)21(13-18)16-29;1-17(2)22-15-21-12-7-13-25-24(21)23(16-22)20-11-6-10-19(14-20)18-8-4-3-5-9-18/h5-22,35H,1-4H3;5-17H,18H2,1-4H3;4-15,29H,16H2,1-3H3;3-17H,1-2H3. The first-order chi connectivity index (χ1) is 61.2. The topological polar surface area (TPSA) is 229 Å². The van der Waals surface area contributed by atoms with Crippen molar-refractivity contribution in [3.05, 3.63) is 397 Å². The number of nitrogens with zero attached hydrogens (tertiary/aromatic N) is 4. The Morgan fingerprint density at radius 1 is 0.302 bits per heavy atom. The Morgan fingerprint density at radius 3 is 0.969 bits per heavy atom. The summed E-state index contributed by atoms with van der Waals surface area (Å²) in [5, 5.41) is 24.6. The van der Waals surface area contributed by atoms with Crippen molar-refractivity contribution in [2.45, 2.75) is 100 Å². The summed E-state index contributed by atoms with van der Waals surface area (Å²) in [5.41, 5.74) is 24.1. The normalized spacial score (nSPS) is 12.6. The van der Waals surface area contributed by atoms with Crippen molar-refractivity contribution >= 4 is 83.0 Å². The van der Waals surface area contributed by atoms with Gasteiger partial charge in [0.25, 0.3) is 0 Å². The van der Waals surface area contributed by atoms with Gasteiger partial charge in [-0.25, -0.2) is 38.1 Å². The van der Waals surface area contributed by atoms with E-state index in [2.05, 4.69) is 113 Å². The van der Waals surface area contributed by atoms with Gasteiger partial charge in [0.2, 0.25) is 0 Å². The largest absolute Gasteiger partial charge is 0.392 e. The Kier molecular flexibility index (Phi) is 26.8. The summed E-state index contributed by atoms with van der Waals surface area (Å²) >= 11 is 0. The molecule has 14 nitrogen and oxygen atoms in total. The highest BCUT2D eigenvalue weighted by Gasteiger charge is 2.36. The van der Waals surface area contributed by atoms with Gasteiger partial charge in [-0.3, -0.25) is 19.9 Å². The van der Waals surface area contributed by atoms with Crippen molar-refractivity contribution < 1.29 is 48.3 Å². The van der Waals surface area contributed by atoms with Gasteiger partial charge in [-0.15, -0.1) is 0 Å². The molecular formula is C110H103FN4O10S4. The molecule has 0 saturated carbocycles. The van der Waals surface area contributed by atoms with E-state index in [1.165, 1.54) is 64.3 Å². The molecule has 13 aromatic carbocycles. The maximum Gasteiger partial charge on any atom is 0.156 e. The molecule has 129 heavy (non-hydrogen) atoms. The average molecular weight is 1790 g/mol. The summed E-state index contributed by atoms with van der Waals surface area (Å²) in [6.07, 6.45) is 12.1. The van der Waals surface area contributed by atoms with E-state index in [9.17, 15) is 48.3 Å². The van der Waals surface area contributed by atoms with Crippen LogP contribution in [0.25, 0.3) is 133 Å². The molecule has 19 heteroatoms. The Labute approximate surface area is 756 Å². The van der Waals surface area contributed by atoms with E-state index < -0.39 is 65.0 Å². The van der Waals surface area contributed by atoms with Gasteiger partial charge < -0.3 is 10.2 Å². The first-order valence-corrected chi connectivity index (χ1v) is 50.1. The predicted molar refractivity (Wildman–Crippen MR) is 528 cm³/mol. The van der Waals surface area contributed by atoms with Crippen LogP contribution in [-0.4, -0.2) is 88.8 Å². The smallest absolute Gasteiger partial charge is 0.156 e. The minimum atomic E-state index is -3.37.